The maximum atomic E-state index is 12.7. The average Bonchev–Trinajstić information content (AvgIpc) is 3.16. The summed E-state index contributed by atoms with van der Waals surface area (Å²) in [4.78, 5) is 28.8. The van der Waals surface area contributed by atoms with Gasteiger partial charge in [-0.2, -0.15) is 0 Å². The molecule has 3 rings (SSSR count). The summed E-state index contributed by atoms with van der Waals surface area (Å²) in [6.45, 7) is 3.37. The number of aromatic nitrogens is 2. The van der Waals surface area contributed by atoms with Crippen molar-refractivity contribution in [2.75, 3.05) is 0 Å². The van der Waals surface area contributed by atoms with Crippen molar-refractivity contribution in [2.24, 2.45) is 5.92 Å². The summed E-state index contributed by atoms with van der Waals surface area (Å²) in [7, 11) is 0. The van der Waals surface area contributed by atoms with Crippen molar-refractivity contribution in [3.05, 3.63) is 78.8 Å². The summed E-state index contributed by atoms with van der Waals surface area (Å²) >= 11 is 0. The van der Waals surface area contributed by atoms with Crippen LogP contribution in [0.15, 0.2) is 67.5 Å². The molecule has 134 valence electrons. The zero-order valence-electron chi connectivity index (χ0n) is 14.6. The summed E-state index contributed by atoms with van der Waals surface area (Å²) in [5.41, 5.74) is 1.34. The molecule has 0 amide bonds. The zero-order chi connectivity index (χ0) is 18.5. The van der Waals surface area contributed by atoms with Gasteiger partial charge in [0.25, 0.3) is 0 Å². The van der Waals surface area contributed by atoms with E-state index in [0.717, 1.165) is 5.56 Å². The van der Waals surface area contributed by atoms with Crippen LogP contribution >= 0.6 is 0 Å². The van der Waals surface area contributed by atoms with E-state index in [1.165, 1.54) is 25.6 Å². The van der Waals surface area contributed by atoms with Gasteiger partial charge in [-0.05, 0) is 31.6 Å². The molecule has 2 heterocycles. The fourth-order valence-corrected chi connectivity index (χ4v) is 2.86. The third-order valence-electron chi connectivity index (χ3n) is 4.32. The van der Waals surface area contributed by atoms with Gasteiger partial charge in [0.1, 0.15) is 5.69 Å². The molecule has 0 bridgehead atoms. The third kappa shape index (κ3) is 3.74. The molecule has 2 aromatic rings. The van der Waals surface area contributed by atoms with E-state index in [-0.39, 0.29) is 17.7 Å². The Labute approximate surface area is 151 Å². The number of esters is 1. The number of hydrogen-bond acceptors (Lipinski definition) is 5. The number of nitrogens with zero attached hydrogens (tertiary/aromatic N) is 2. The van der Waals surface area contributed by atoms with Crippen molar-refractivity contribution < 1.29 is 19.1 Å². The van der Waals surface area contributed by atoms with Gasteiger partial charge in [-0.3, -0.25) is 4.79 Å². The molecule has 0 N–H and O–H groups in total. The molecule has 0 aliphatic carbocycles. The van der Waals surface area contributed by atoms with Crippen molar-refractivity contribution in [2.45, 2.75) is 26.0 Å². The Hall–Kier alpha value is -3.15. The SMILES string of the molecule is CC(=O)C(OC(=O)c1cncn1[C@H](C)c1ccccc1)C1C=COC=C1. The molecule has 1 unspecified atom stereocenters. The number of benzene rings is 1. The molecule has 1 aromatic heterocycles. The van der Waals surface area contributed by atoms with E-state index in [2.05, 4.69) is 4.98 Å². The van der Waals surface area contributed by atoms with Crippen LogP contribution in [0.2, 0.25) is 0 Å². The van der Waals surface area contributed by atoms with Gasteiger partial charge in [-0.15, -0.1) is 0 Å². The predicted molar refractivity (Wildman–Crippen MR) is 95.2 cm³/mol. The number of carbonyl (C=O) groups excluding carboxylic acids is 2. The highest BCUT2D eigenvalue weighted by molar-refractivity contribution is 5.91. The first-order valence-corrected chi connectivity index (χ1v) is 8.35. The molecule has 0 radical (unpaired) electrons. The number of rotatable bonds is 6. The van der Waals surface area contributed by atoms with E-state index < -0.39 is 12.1 Å². The third-order valence-corrected chi connectivity index (χ3v) is 4.32. The Kier molecular flexibility index (Phi) is 5.31. The van der Waals surface area contributed by atoms with Crippen molar-refractivity contribution in [1.29, 1.82) is 0 Å². The van der Waals surface area contributed by atoms with Crippen LogP contribution in [0.4, 0.5) is 0 Å². The topological polar surface area (TPSA) is 70.4 Å². The van der Waals surface area contributed by atoms with E-state index in [1.54, 1.807) is 23.0 Å². The lowest BCUT2D eigenvalue weighted by Gasteiger charge is -2.22. The van der Waals surface area contributed by atoms with Gasteiger partial charge in [0.2, 0.25) is 0 Å². The van der Waals surface area contributed by atoms with Gasteiger partial charge >= 0.3 is 5.97 Å². The summed E-state index contributed by atoms with van der Waals surface area (Å²) in [5.74, 6) is -1.17. The van der Waals surface area contributed by atoms with Crippen LogP contribution < -0.4 is 0 Å². The Balaban J connectivity index is 1.81. The summed E-state index contributed by atoms with van der Waals surface area (Å²) in [6.07, 6.45) is 8.44. The number of carbonyl (C=O) groups is 2. The molecule has 1 aromatic carbocycles. The monoisotopic (exact) mass is 352 g/mol. The predicted octanol–water partition coefficient (Wildman–Crippen LogP) is 3.28. The normalized spacial score (nSPS) is 15.9. The zero-order valence-corrected chi connectivity index (χ0v) is 14.6. The molecule has 1 aliphatic heterocycles. The largest absolute Gasteiger partial charge is 0.473 e. The van der Waals surface area contributed by atoms with Crippen molar-refractivity contribution in [3.63, 3.8) is 0 Å². The molecular formula is C20H20N2O4. The Morgan fingerprint density at radius 3 is 2.54 bits per heavy atom. The first-order valence-electron chi connectivity index (χ1n) is 8.35. The van der Waals surface area contributed by atoms with E-state index >= 15 is 0 Å². The van der Waals surface area contributed by atoms with E-state index in [0.29, 0.717) is 5.69 Å². The standard InChI is InChI=1S/C20H20N2O4/c1-14(16-6-4-3-5-7-16)22-13-21-12-18(22)20(24)26-19(15(2)23)17-8-10-25-11-9-17/h3-14,17,19H,1-2H3/t14-,19?/m1/s1. The number of imidazole rings is 1. The van der Waals surface area contributed by atoms with Crippen molar-refractivity contribution in [3.8, 4) is 0 Å². The quantitative estimate of drug-likeness (QED) is 0.746. The number of ether oxygens (including phenoxy) is 2. The van der Waals surface area contributed by atoms with Crippen molar-refractivity contribution in [1.82, 2.24) is 9.55 Å². The molecule has 0 saturated heterocycles. The molecule has 2 atom stereocenters. The summed E-state index contributed by atoms with van der Waals surface area (Å²) in [5, 5.41) is 0. The molecule has 0 fully saturated rings. The van der Waals surface area contributed by atoms with Crippen LogP contribution in [0, 0.1) is 5.92 Å². The first-order chi connectivity index (χ1) is 12.6. The Bertz CT molecular complexity index is 827. The minimum Gasteiger partial charge on any atom is -0.473 e. The maximum absolute atomic E-state index is 12.7. The van der Waals surface area contributed by atoms with Crippen LogP contribution in [0.5, 0.6) is 0 Å². The van der Waals surface area contributed by atoms with Crippen LogP contribution in [0.3, 0.4) is 0 Å². The molecule has 6 nitrogen and oxygen atoms in total. The lowest BCUT2D eigenvalue weighted by atomic mass is 9.98. The van der Waals surface area contributed by atoms with Gasteiger partial charge in [0, 0.05) is 5.92 Å². The van der Waals surface area contributed by atoms with E-state index in [1.807, 2.05) is 37.3 Å². The highest BCUT2D eigenvalue weighted by atomic mass is 16.5. The molecule has 26 heavy (non-hydrogen) atoms. The van der Waals surface area contributed by atoms with Crippen molar-refractivity contribution >= 4 is 11.8 Å². The van der Waals surface area contributed by atoms with E-state index in [9.17, 15) is 9.59 Å². The minimum absolute atomic E-state index is 0.0973. The summed E-state index contributed by atoms with van der Waals surface area (Å²) in [6, 6.07) is 9.68. The lowest BCUT2D eigenvalue weighted by molar-refractivity contribution is -0.126. The second-order valence-electron chi connectivity index (χ2n) is 6.08. The van der Waals surface area contributed by atoms with Gasteiger partial charge in [-0.25, -0.2) is 9.78 Å². The summed E-state index contributed by atoms with van der Waals surface area (Å²) < 4.78 is 12.2. The van der Waals surface area contributed by atoms with Crippen LogP contribution in [0.1, 0.15) is 35.9 Å². The van der Waals surface area contributed by atoms with Gasteiger partial charge in [-0.1, -0.05) is 30.3 Å². The molecular weight excluding hydrogens is 332 g/mol. The Morgan fingerprint density at radius 1 is 1.19 bits per heavy atom. The van der Waals surface area contributed by atoms with Gasteiger partial charge < -0.3 is 14.0 Å². The number of Topliss-reactive ketones (excluding diaryl/α,β-unsaturated/α-hetero) is 1. The fourth-order valence-electron chi connectivity index (χ4n) is 2.86. The smallest absolute Gasteiger partial charge is 0.357 e. The van der Waals surface area contributed by atoms with Crippen LogP contribution in [-0.2, 0) is 14.3 Å². The molecule has 0 saturated carbocycles. The van der Waals surface area contributed by atoms with Gasteiger partial charge in [0.15, 0.2) is 11.9 Å². The van der Waals surface area contributed by atoms with Crippen LogP contribution in [-0.4, -0.2) is 27.4 Å². The lowest BCUT2D eigenvalue weighted by Crippen LogP contribution is -2.32. The van der Waals surface area contributed by atoms with E-state index in [4.69, 9.17) is 9.47 Å². The Morgan fingerprint density at radius 2 is 1.88 bits per heavy atom. The maximum Gasteiger partial charge on any atom is 0.357 e. The highest BCUT2D eigenvalue weighted by Gasteiger charge is 2.29. The second kappa shape index (κ2) is 7.82. The fraction of sp³-hybridized carbons (Fsp3) is 0.250. The van der Waals surface area contributed by atoms with Gasteiger partial charge in [0.05, 0.1) is 31.1 Å². The number of ketones is 1. The van der Waals surface area contributed by atoms with Crippen LogP contribution in [0.25, 0.3) is 0 Å². The average molecular weight is 352 g/mol. The number of hydrogen-bond donors (Lipinski definition) is 0. The highest BCUT2D eigenvalue weighted by Crippen LogP contribution is 2.22. The first kappa shape index (κ1) is 17.7. The molecule has 6 heteroatoms. The minimum atomic E-state index is -0.908. The molecule has 0 spiro atoms. The second-order valence-corrected chi connectivity index (χ2v) is 6.08. The molecule has 1 aliphatic rings.